The van der Waals surface area contributed by atoms with Crippen molar-refractivity contribution in [3.8, 4) is 22.3 Å². The first kappa shape index (κ1) is 32.7. The average molecular weight is 737 g/mol. The second-order valence-electron chi connectivity index (χ2n) is 15.4. The predicted octanol–water partition coefficient (Wildman–Crippen LogP) is 12.0. The van der Waals surface area contributed by atoms with Crippen LogP contribution in [0.1, 0.15) is 11.1 Å². The van der Waals surface area contributed by atoms with E-state index in [0.717, 1.165) is 10.9 Å². The van der Waals surface area contributed by atoms with Gasteiger partial charge in [-0.1, -0.05) is 170 Å². The second-order valence-corrected chi connectivity index (χ2v) is 15.4. The fourth-order valence-electron chi connectivity index (χ4n) is 9.87. The molecule has 2 heterocycles. The van der Waals surface area contributed by atoms with Crippen LogP contribution in [-0.2, 0) is 0 Å². The van der Waals surface area contributed by atoms with Crippen molar-refractivity contribution in [3.63, 3.8) is 0 Å². The highest BCUT2D eigenvalue weighted by Gasteiger charge is 2.30. The van der Waals surface area contributed by atoms with Crippen molar-refractivity contribution in [1.29, 1.82) is 0 Å². The monoisotopic (exact) mass is 736 g/mol. The van der Waals surface area contributed by atoms with Gasteiger partial charge in [0.2, 0.25) is 0 Å². The summed E-state index contributed by atoms with van der Waals surface area (Å²) in [5.41, 5.74) is 12.2. The molecule has 1 aliphatic carbocycles. The minimum Gasteiger partial charge on any atom is -0.380 e. The van der Waals surface area contributed by atoms with E-state index in [1.807, 2.05) is 6.20 Å². The molecule has 0 bridgehead atoms. The van der Waals surface area contributed by atoms with Gasteiger partial charge in [0.25, 0.3) is 0 Å². The van der Waals surface area contributed by atoms with Crippen LogP contribution in [0, 0.1) is 0 Å². The zero-order valence-corrected chi connectivity index (χ0v) is 31.7. The zero-order valence-electron chi connectivity index (χ0n) is 31.7. The number of hydrogen-bond donors (Lipinski definition) is 1. The lowest BCUT2D eigenvalue weighted by Gasteiger charge is -2.32. The van der Waals surface area contributed by atoms with Crippen molar-refractivity contribution < 1.29 is 0 Å². The number of nitrogens with zero attached hydrogens (tertiary/aromatic N) is 1. The number of nitrogens with one attached hydrogen (secondary N) is 1. The zero-order chi connectivity index (χ0) is 38.2. The molecule has 2 aliphatic rings. The van der Waals surface area contributed by atoms with Crippen molar-refractivity contribution in [1.82, 2.24) is 10.3 Å². The molecule has 1 aromatic heterocycles. The van der Waals surface area contributed by atoms with E-state index in [1.165, 1.54) is 104 Å². The van der Waals surface area contributed by atoms with Gasteiger partial charge in [-0.25, -0.2) is 0 Å². The Morgan fingerprint density at radius 2 is 1.02 bits per heavy atom. The van der Waals surface area contributed by atoms with Gasteiger partial charge in [0.15, 0.2) is 0 Å². The van der Waals surface area contributed by atoms with Gasteiger partial charge in [0.05, 0.1) is 11.6 Å². The van der Waals surface area contributed by atoms with Gasteiger partial charge in [-0.2, -0.15) is 0 Å². The van der Waals surface area contributed by atoms with Crippen molar-refractivity contribution in [2.75, 3.05) is 0 Å². The molecule has 2 heteroatoms. The fourth-order valence-corrected chi connectivity index (χ4v) is 9.87. The van der Waals surface area contributed by atoms with E-state index in [9.17, 15) is 0 Å². The third kappa shape index (κ3) is 4.95. The lowest BCUT2D eigenvalue weighted by molar-refractivity contribution is 0.809. The second kappa shape index (κ2) is 13.0. The van der Waals surface area contributed by atoms with E-state index in [1.54, 1.807) is 0 Å². The fraction of sp³-hybridized carbons (Fsp3) is 0.0179. The average Bonchev–Trinajstić information content (AvgIpc) is 3.29. The Labute approximate surface area is 336 Å². The van der Waals surface area contributed by atoms with Crippen LogP contribution in [0.2, 0.25) is 0 Å². The maximum Gasteiger partial charge on any atom is 0.0793 e. The molecule has 270 valence electrons. The quantitative estimate of drug-likeness (QED) is 0.182. The summed E-state index contributed by atoms with van der Waals surface area (Å²) in [6.45, 7) is 0. The van der Waals surface area contributed by atoms with Crippen molar-refractivity contribution in [3.05, 3.63) is 234 Å². The number of benzene rings is 9. The van der Waals surface area contributed by atoms with Gasteiger partial charge in [0.1, 0.15) is 0 Å². The van der Waals surface area contributed by atoms with Crippen LogP contribution < -0.4 is 15.8 Å². The highest BCUT2D eigenvalue weighted by Crippen LogP contribution is 2.45. The Bertz CT molecular complexity index is 3480. The molecular weight excluding hydrogens is 701 g/mol. The molecule has 2 nitrogen and oxygen atoms in total. The van der Waals surface area contributed by atoms with Gasteiger partial charge in [-0.05, 0) is 129 Å². The molecule has 0 spiro atoms. The number of allylic oxidation sites excluding steroid dienone is 2. The number of pyridine rings is 1. The number of dihydropyridines is 1. The van der Waals surface area contributed by atoms with Crippen LogP contribution in [0.4, 0.5) is 0 Å². The summed E-state index contributed by atoms with van der Waals surface area (Å²) in [6, 6.07) is 66.8. The summed E-state index contributed by atoms with van der Waals surface area (Å²) in [6.07, 6.45) is 8.46. The Kier molecular flexibility index (Phi) is 7.33. The molecule has 0 saturated carbocycles. The highest BCUT2D eigenvalue weighted by atomic mass is 14.9. The molecule has 0 fully saturated rings. The molecule has 1 atom stereocenters. The molecule has 0 radical (unpaired) electrons. The summed E-state index contributed by atoms with van der Waals surface area (Å²) in [7, 11) is 0. The Balaban J connectivity index is 1.06. The van der Waals surface area contributed by atoms with Gasteiger partial charge < -0.3 is 5.32 Å². The normalized spacial score (nSPS) is 14.8. The van der Waals surface area contributed by atoms with Gasteiger partial charge in [-0.15, -0.1) is 0 Å². The predicted molar refractivity (Wildman–Crippen MR) is 244 cm³/mol. The smallest absolute Gasteiger partial charge is 0.0793 e. The Hall–Kier alpha value is -7.55. The van der Waals surface area contributed by atoms with Crippen LogP contribution in [0.5, 0.6) is 0 Å². The van der Waals surface area contributed by atoms with Crippen LogP contribution in [-0.4, -0.2) is 11.0 Å². The molecule has 1 aliphatic heterocycles. The van der Waals surface area contributed by atoms with Gasteiger partial charge >= 0.3 is 0 Å². The molecule has 9 aromatic carbocycles. The Morgan fingerprint density at radius 1 is 0.431 bits per heavy atom. The first-order chi connectivity index (χ1) is 28.8. The number of fused-ring (bicyclic) bond motifs is 7. The van der Waals surface area contributed by atoms with Crippen LogP contribution >= 0.6 is 0 Å². The SMILES string of the molecule is C1=CNC2C(=C1)C(c1ccc3cc(-c4c5ccccc5c(-c5cccc6ccccc56)c5ncccc45)ccc3c1)=c1ccccc1=C2c1cccc2ccccc12. The molecule has 1 N–H and O–H groups in total. The summed E-state index contributed by atoms with van der Waals surface area (Å²) in [4.78, 5) is 5.10. The van der Waals surface area contributed by atoms with E-state index >= 15 is 0 Å². The number of hydrogen-bond acceptors (Lipinski definition) is 2. The first-order valence-corrected chi connectivity index (χ1v) is 20.1. The molecule has 0 saturated heterocycles. The third-order valence-corrected chi connectivity index (χ3v) is 12.3. The standard InChI is InChI=1S/C56H36N2/c1-3-17-41-35(13-1)15-9-23-43(41)53-47-21-7-5-19-45(47)51(49-25-11-31-57-55(49)53)39-29-27-38-34-40(30-28-37(38)33-39)52-46-20-6-8-22-48(46)54(56-50(52)26-12-32-58-56)44-24-10-16-36-14-2-4-18-42(36)44/h1-34,55,57H. The van der Waals surface area contributed by atoms with E-state index in [-0.39, 0.29) is 6.04 Å². The lowest BCUT2D eigenvalue weighted by atomic mass is 9.77. The van der Waals surface area contributed by atoms with E-state index in [2.05, 4.69) is 206 Å². The van der Waals surface area contributed by atoms with Crippen LogP contribution in [0.25, 0.3) is 87.4 Å². The number of aromatic nitrogens is 1. The highest BCUT2D eigenvalue weighted by molar-refractivity contribution is 6.22. The number of rotatable bonds is 4. The van der Waals surface area contributed by atoms with Crippen molar-refractivity contribution in [2.24, 2.45) is 0 Å². The van der Waals surface area contributed by atoms with E-state index in [4.69, 9.17) is 4.98 Å². The van der Waals surface area contributed by atoms with E-state index in [0.29, 0.717) is 0 Å². The Morgan fingerprint density at radius 3 is 1.79 bits per heavy atom. The van der Waals surface area contributed by atoms with Gasteiger partial charge in [0, 0.05) is 17.1 Å². The molecule has 1 unspecified atom stereocenters. The van der Waals surface area contributed by atoms with Gasteiger partial charge in [-0.3, -0.25) is 4.98 Å². The molecule has 10 aromatic rings. The third-order valence-electron chi connectivity index (χ3n) is 12.3. The van der Waals surface area contributed by atoms with Crippen molar-refractivity contribution in [2.45, 2.75) is 6.04 Å². The molecular formula is C56H36N2. The largest absolute Gasteiger partial charge is 0.380 e. The maximum absolute atomic E-state index is 5.10. The molecule has 0 amide bonds. The van der Waals surface area contributed by atoms with E-state index < -0.39 is 0 Å². The minimum absolute atomic E-state index is 0.0193. The molecule has 12 rings (SSSR count). The lowest BCUT2D eigenvalue weighted by Crippen LogP contribution is -2.44. The summed E-state index contributed by atoms with van der Waals surface area (Å²) in [5.74, 6) is 0. The van der Waals surface area contributed by atoms with Crippen molar-refractivity contribution >= 4 is 65.1 Å². The topological polar surface area (TPSA) is 24.9 Å². The summed E-state index contributed by atoms with van der Waals surface area (Å²) in [5, 5.41) is 17.3. The van der Waals surface area contributed by atoms with Crippen LogP contribution in [0.3, 0.4) is 0 Å². The van der Waals surface area contributed by atoms with Crippen LogP contribution in [0.15, 0.2) is 212 Å². The first-order valence-electron chi connectivity index (χ1n) is 20.1. The minimum atomic E-state index is 0.0193. The molecule has 58 heavy (non-hydrogen) atoms. The summed E-state index contributed by atoms with van der Waals surface area (Å²) < 4.78 is 0. The summed E-state index contributed by atoms with van der Waals surface area (Å²) >= 11 is 0. The maximum atomic E-state index is 5.10.